The van der Waals surface area contributed by atoms with Crippen LogP contribution in [0.15, 0.2) is 42.7 Å². The number of aromatic nitrogens is 4. The van der Waals surface area contributed by atoms with Gasteiger partial charge in [0, 0.05) is 56.4 Å². The highest BCUT2D eigenvalue weighted by atomic mass is 35.5. The van der Waals surface area contributed by atoms with Crippen LogP contribution in [0.4, 0.5) is 5.82 Å². The molecule has 0 atom stereocenters. The van der Waals surface area contributed by atoms with E-state index in [1.54, 1.807) is 12.4 Å². The zero-order valence-corrected chi connectivity index (χ0v) is 17.1. The third kappa shape index (κ3) is 4.03. The highest BCUT2D eigenvalue weighted by Crippen LogP contribution is 2.23. The van der Waals surface area contributed by atoms with Gasteiger partial charge in [-0.15, -0.1) is 0 Å². The lowest BCUT2D eigenvalue weighted by molar-refractivity contribution is 0.248. The van der Waals surface area contributed by atoms with Crippen LogP contribution in [0, 0.1) is 13.8 Å². The van der Waals surface area contributed by atoms with Gasteiger partial charge in [0.15, 0.2) is 11.0 Å². The van der Waals surface area contributed by atoms with E-state index in [-0.39, 0.29) is 0 Å². The Labute approximate surface area is 170 Å². The fraction of sp³-hybridized carbons (Fsp3) is 0.381. The minimum Gasteiger partial charge on any atom is -0.351 e. The monoisotopic (exact) mass is 396 g/mol. The summed E-state index contributed by atoms with van der Waals surface area (Å²) in [6, 6.07) is 10.5. The van der Waals surface area contributed by atoms with Crippen LogP contribution < -0.4 is 4.90 Å². The van der Waals surface area contributed by atoms with Crippen molar-refractivity contribution in [2.75, 3.05) is 31.1 Å². The maximum Gasteiger partial charge on any atom is 0.171 e. The molecule has 0 amide bonds. The number of aryl methyl sites for hydroxylation is 1. The molecule has 28 heavy (non-hydrogen) atoms. The van der Waals surface area contributed by atoms with E-state index in [0.717, 1.165) is 50.8 Å². The summed E-state index contributed by atoms with van der Waals surface area (Å²) < 4.78 is 2.12. The Kier molecular flexibility index (Phi) is 5.59. The SMILES string of the molecule is Cc1nn(Cc2ccccc2)c(C)c1CN1CCN(c2nccnc2Cl)CC1. The van der Waals surface area contributed by atoms with Gasteiger partial charge in [-0.1, -0.05) is 41.9 Å². The van der Waals surface area contributed by atoms with Gasteiger partial charge in [0.1, 0.15) is 0 Å². The summed E-state index contributed by atoms with van der Waals surface area (Å²) in [6.45, 7) is 9.75. The molecule has 0 saturated carbocycles. The fourth-order valence-electron chi connectivity index (χ4n) is 3.74. The molecular formula is C21H25ClN6. The normalized spacial score (nSPS) is 15.2. The third-order valence-corrected chi connectivity index (χ3v) is 5.66. The molecule has 4 rings (SSSR count). The van der Waals surface area contributed by atoms with Gasteiger partial charge < -0.3 is 4.90 Å². The minimum atomic E-state index is 0.477. The van der Waals surface area contributed by atoms with E-state index < -0.39 is 0 Å². The van der Waals surface area contributed by atoms with Crippen LogP contribution in [0.25, 0.3) is 0 Å². The Morgan fingerprint density at radius 1 is 0.929 bits per heavy atom. The second kappa shape index (κ2) is 8.29. The van der Waals surface area contributed by atoms with Gasteiger partial charge in [-0.05, 0) is 19.4 Å². The van der Waals surface area contributed by atoms with Crippen molar-refractivity contribution >= 4 is 17.4 Å². The van der Waals surface area contributed by atoms with Crippen molar-refractivity contribution in [2.24, 2.45) is 0 Å². The molecule has 6 nitrogen and oxygen atoms in total. The molecule has 2 aromatic heterocycles. The summed E-state index contributed by atoms with van der Waals surface area (Å²) in [5.41, 5.74) is 4.98. The molecule has 3 heterocycles. The molecule has 3 aromatic rings. The first-order chi connectivity index (χ1) is 13.6. The smallest absolute Gasteiger partial charge is 0.171 e. The summed E-state index contributed by atoms with van der Waals surface area (Å²) in [7, 11) is 0. The van der Waals surface area contributed by atoms with Crippen LogP contribution in [-0.2, 0) is 13.1 Å². The summed E-state index contributed by atoms with van der Waals surface area (Å²) in [5.74, 6) is 0.784. The van der Waals surface area contributed by atoms with Crippen LogP contribution in [0.1, 0.15) is 22.5 Å². The second-order valence-electron chi connectivity index (χ2n) is 7.23. The first-order valence-corrected chi connectivity index (χ1v) is 10.00. The van der Waals surface area contributed by atoms with E-state index in [0.29, 0.717) is 5.15 Å². The largest absolute Gasteiger partial charge is 0.351 e. The Morgan fingerprint density at radius 2 is 1.64 bits per heavy atom. The number of hydrogen-bond acceptors (Lipinski definition) is 5. The Hall–Kier alpha value is -2.44. The number of benzene rings is 1. The maximum atomic E-state index is 6.19. The summed E-state index contributed by atoms with van der Waals surface area (Å²) >= 11 is 6.19. The van der Waals surface area contributed by atoms with Crippen LogP contribution in [0.5, 0.6) is 0 Å². The molecule has 0 N–H and O–H groups in total. The Bertz CT molecular complexity index is 931. The van der Waals surface area contributed by atoms with Crippen molar-refractivity contribution in [3.05, 3.63) is 70.4 Å². The van der Waals surface area contributed by atoms with E-state index in [1.807, 2.05) is 6.07 Å². The van der Waals surface area contributed by atoms with Crippen molar-refractivity contribution in [2.45, 2.75) is 26.9 Å². The first-order valence-electron chi connectivity index (χ1n) is 9.62. The summed E-state index contributed by atoms with van der Waals surface area (Å²) in [5, 5.41) is 5.27. The van der Waals surface area contributed by atoms with Crippen LogP contribution in [0.3, 0.4) is 0 Å². The first kappa shape index (κ1) is 18.9. The van der Waals surface area contributed by atoms with Crippen molar-refractivity contribution in [1.82, 2.24) is 24.6 Å². The number of rotatable bonds is 5. The molecule has 0 bridgehead atoms. The Balaban J connectivity index is 1.41. The lowest BCUT2D eigenvalue weighted by Gasteiger charge is -2.35. The van der Waals surface area contributed by atoms with Gasteiger partial charge in [-0.3, -0.25) is 9.58 Å². The van der Waals surface area contributed by atoms with E-state index >= 15 is 0 Å². The van der Waals surface area contributed by atoms with Gasteiger partial charge >= 0.3 is 0 Å². The van der Waals surface area contributed by atoms with Gasteiger partial charge in [0.25, 0.3) is 0 Å². The lowest BCUT2D eigenvalue weighted by atomic mass is 10.1. The molecule has 0 radical (unpaired) electrons. The molecule has 0 aliphatic carbocycles. The molecule has 7 heteroatoms. The van der Waals surface area contributed by atoms with E-state index in [1.165, 1.54) is 16.8 Å². The number of hydrogen-bond donors (Lipinski definition) is 0. The van der Waals surface area contributed by atoms with E-state index in [2.05, 4.69) is 62.6 Å². The fourth-order valence-corrected chi connectivity index (χ4v) is 3.97. The van der Waals surface area contributed by atoms with Gasteiger partial charge in [0.2, 0.25) is 0 Å². The Morgan fingerprint density at radius 3 is 2.36 bits per heavy atom. The quantitative estimate of drug-likeness (QED) is 0.662. The maximum absolute atomic E-state index is 6.19. The van der Waals surface area contributed by atoms with E-state index in [9.17, 15) is 0 Å². The lowest BCUT2D eigenvalue weighted by Crippen LogP contribution is -2.46. The second-order valence-corrected chi connectivity index (χ2v) is 7.58. The molecule has 1 aliphatic heterocycles. The van der Waals surface area contributed by atoms with Crippen LogP contribution in [-0.4, -0.2) is 50.8 Å². The van der Waals surface area contributed by atoms with Crippen molar-refractivity contribution in [1.29, 1.82) is 0 Å². The number of anilines is 1. The van der Waals surface area contributed by atoms with Crippen molar-refractivity contribution in [3.8, 4) is 0 Å². The third-order valence-electron chi connectivity index (χ3n) is 5.40. The minimum absolute atomic E-state index is 0.477. The molecule has 0 unspecified atom stereocenters. The van der Waals surface area contributed by atoms with E-state index in [4.69, 9.17) is 16.7 Å². The predicted molar refractivity (Wildman–Crippen MR) is 112 cm³/mol. The number of piperazine rings is 1. The number of nitrogens with zero attached hydrogens (tertiary/aromatic N) is 6. The molecule has 1 fully saturated rings. The van der Waals surface area contributed by atoms with Crippen LogP contribution >= 0.6 is 11.6 Å². The molecule has 1 aromatic carbocycles. The average Bonchev–Trinajstić information content (AvgIpc) is 2.97. The highest BCUT2D eigenvalue weighted by Gasteiger charge is 2.22. The summed E-state index contributed by atoms with van der Waals surface area (Å²) in [4.78, 5) is 13.2. The zero-order chi connectivity index (χ0) is 19.5. The topological polar surface area (TPSA) is 50.1 Å². The standard InChI is InChI=1S/C21H25ClN6/c1-16-19(17(2)28(25-16)14-18-6-4-3-5-7-18)15-26-10-12-27(13-11-26)21-20(22)23-8-9-24-21/h3-9H,10-15H2,1-2H3. The van der Waals surface area contributed by atoms with Crippen molar-refractivity contribution < 1.29 is 0 Å². The number of halogens is 1. The van der Waals surface area contributed by atoms with Crippen molar-refractivity contribution in [3.63, 3.8) is 0 Å². The average molecular weight is 397 g/mol. The molecule has 0 spiro atoms. The molecular weight excluding hydrogens is 372 g/mol. The van der Waals surface area contributed by atoms with Crippen LogP contribution in [0.2, 0.25) is 5.15 Å². The van der Waals surface area contributed by atoms with Gasteiger partial charge in [-0.25, -0.2) is 9.97 Å². The molecule has 1 aliphatic rings. The molecule has 146 valence electrons. The summed E-state index contributed by atoms with van der Waals surface area (Å²) in [6.07, 6.45) is 3.32. The van der Waals surface area contributed by atoms with Gasteiger partial charge in [-0.2, -0.15) is 5.10 Å². The zero-order valence-electron chi connectivity index (χ0n) is 16.3. The predicted octanol–water partition coefficient (Wildman–Crippen LogP) is 3.31. The van der Waals surface area contributed by atoms with Gasteiger partial charge in [0.05, 0.1) is 12.2 Å². The molecule has 1 saturated heterocycles. The highest BCUT2D eigenvalue weighted by molar-refractivity contribution is 6.31.